The van der Waals surface area contributed by atoms with Crippen molar-refractivity contribution in [2.24, 2.45) is 5.73 Å². The van der Waals surface area contributed by atoms with Crippen molar-refractivity contribution < 1.29 is 14.0 Å². The molecule has 0 saturated heterocycles. The van der Waals surface area contributed by atoms with E-state index in [0.29, 0.717) is 0 Å². The molecule has 2 aromatic rings. The highest BCUT2D eigenvalue weighted by molar-refractivity contribution is 5.08. The quantitative estimate of drug-likeness (QED) is 0.120. The molecular formula is C32H54N3O2+. The molecule has 0 unspecified atom stereocenters. The lowest BCUT2D eigenvalue weighted by atomic mass is 10.1. The van der Waals surface area contributed by atoms with Gasteiger partial charge in [-0.05, 0) is 75.6 Å². The molecule has 37 heavy (non-hydrogen) atoms. The average Bonchev–Trinajstić information content (AvgIpc) is 2.93. The molecule has 0 bridgehead atoms. The Morgan fingerprint density at radius 2 is 1.19 bits per heavy atom. The van der Waals surface area contributed by atoms with Crippen molar-refractivity contribution in [3.8, 4) is 0 Å². The van der Waals surface area contributed by atoms with Gasteiger partial charge in [0.15, 0.2) is 12.4 Å². The van der Waals surface area contributed by atoms with Gasteiger partial charge in [0.05, 0.1) is 0 Å². The Balaban J connectivity index is 1.35. The lowest BCUT2D eigenvalue weighted by Gasteiger charge is -2.05. The SMILES string of the molecule is NCCCCCCCCOCCCc1ccc[n+](CCCCCCCCOCCCc2cccnc2)c1. The first-order valence-corrected chi connectivity index (χ1v) is 15.1. The fraction of sp³-hybridized carbons (Fsp3) is 0.688. The van der Waals surface area contributed by atoms with Crippen molar-refractivity contribution in [1.82, 2.24) is 4.98 Å². The molecule has 0 aliphatic rings. The van der Waals surface area contributed by atoms with Gasteiger partial charge in [0.2, 0.25) is 0 Å². The summed E-state index contributed by atoms with van der Waals surface area (Å²) in [5, 5.41) is 0. The second-order valence-electron chi connectivity index (χ2n) is 10.3. The molecule has 0 radical (unpaired) electrons. The van der Waals surface area contributed by atoms with Crippen LogP contribution in [0.5, 0.6) is 0 Å². The van der Waals surface area contributed by atoms with Crippen molar-refractivity contribution in [2.75, 3.05) is 33.0 Å². The van der Waals surface area contributed by atoms with E-state index in [1.54, 1.807) is 0 Å². The maximum atomic E-state index is 5.84. The minimum atomic E-state index is 0.830. The molecule has 0 aliphatic carbocycles. The summed E-state index contributed by atoms with van der Waals surface area (Å²) in [6.07, 6.45) is 27.9. The van der Waals surface area contributed by atoms with E-state index in [4.69, 9.17) is 15.2 Å². The summed E-state index contributed by atoms with van der Waals surface area (Å²) >= 11 is 0. The van der Waals surface area contributed by atoms with Crippen molar-refractivity contribution in [3.05, 3.63) is 60.2 Å². The molecule has 2 heterocycles. The predicted molar refractivity (Wildman–Crippen MR) is 154 cm³/mol. The first-order chi connectivity index (χ1) is 18.4. The van der Waals surface area contributed by atoms with Gasteiger partial charge in [-0.3, -0.25) is 4.98 Å². The largest absolute Gasteiger partial charge is 0.381 e. The van der Waals surface area contributed by atoms with Crippen LogP contribution in [0.3, 0.4) is 0 Å². The molecule has 5 nitrogen and oxygen atoms in total. The zero-order chi connectivity index (χ0) is 26.1. The van der Waals surface area contributed by atoms with Crippen LogP contribution in [0.4, 0.5) is 0 Å². The van der Waals surface area contributed by atoms with E-state index in [1.165, 1.54) is 88.2 Å². The number of nitrogens with zero attached hydrogens (tertiary/aromatic N) is 2. The summed E-state index contributed by atoms with van der Waals surface area (Å²) in [6.45, 7) is 5.49. The van der Waals surface area contributed by atoms with Gasteiger partial charge in [-0.2, -0.15) is 0 Å². The molecule has 5 heteroatoms. The van der Waals surface area contributed by atoms with Crippen LogP contribution >= 0.6 is 0 Å². The molecule has 2 aromatic heterocycles. The monoisotopic (exact) mass is 512 g/mol. The summed E-state index contributed by atoms with van der Waals surface area (Å²) in [6, 6.07) is 8.58. The molecule has 0 aromatic carbocycles. The highest BCUT2D eigenvalue weighted by Gasteiger charge is 2.03. The highest BCUT2D eigenvalue weighted by Crippen LogP contribution is 2.08. The number of unbranched alkanes of at least 4 members (excludes halogenated alkanes) is 10. The van der Waals surface area contributed by atoms with Crippen LogP contribution in [0.1, 0.15) is 101 Å². The third-order valence-electron chi connectivity index (χ3n) is 6.85. The Labute approximate surface area is 227 Å². The highest BCUT2D eigenvalue weighted by atomic mass is 16.5. The molecule has 0 saturated carbocycles. The van der Waals surface area contributed by atoms with Gasteiger partial charge in [-0.15, -0.1) is 0 Å². The molecule has 0 aliphatic heterocycles. The summed E-state index contributed by atoms with van der Waals surface area (Å²) in [4.78, 5) is 4.16. The van der Waals surface area contributed by atoms with Crippen LogP contribution in [0, 0.1) is 0 Å². The van der Waals surface area contributed by atoms with E-state index in [-0.39, 0.29) is 0 Å². The fourth-order valence-electron chi connectivity index (χ4n) is 4.63. The Morgan fingerprint density at radius 1 is 0.622 bits per heavy atom. The van der Waals surface area contributed by atoms with Crippen molar-refractivity contribution in [2.45, 2.75) is 109 Å². The number of hydrogen-bond donors (Lipinski definition) is 1. The van der Waals surface area contributed by atoms with E-state index < -0.39 is 0 Å². The fourth-order valence-corrected chi connectivity index (χ4v) is 4.63. The topological polar surface area (TPSA) is 61.2 Å². The average molecular weight is 513 g/mol. The molecule has 208 valence electrons. The Kier molecular flexibility index (Phi) is 19.8. The van der Waals surface area contributed by atoms with E-state index in [0.717, 1.165) is 65.2 Å². The van der Waals surface area contributed by atoms with Gasteiger partial charge in [0.1, 0.15) is 6.54 Å². The van der Waals surface area contributed by atoms with Gasteiger partial charge >= 0.3 is 0 Å². The second-order valence-corrected chi connectivity index (χ2v) is 10.3. The summed E-state index contributed by atoms with van der Waals surface area (Å²) in [5.41, 5.74) is 8.25. The molecular weight excluding hydrogens is 458 g/mol. The number of pyridine rings is 2. The Hall–Kier alpha value is -1.82. The number of rotatable bonds is 25. The standard InChI is InChI=1S/C32H54N3O2/c33-21-9-5-1-3-7-11-26-37-28-16-20-32-18-14-24-35(30-32)23-10-6-2-4-8-12-25-36-27-15-19-31-17-13-22-34-29-31/h13-14,17-18,22,24,29-30H,1-12,15-16,19-21,23,25-28,33H2/q+1. The van der Waals surface area contributed by atoms with Crippen molar-refractivity contribution in [1.29, 1.82) is 0 Å². The third-order valence-corrected chi connectivity index (χ3v) is 6.85. The van der Waals surface area contributed by atoms with Crippen LogP contribution in [-0.2, 0) is 28.9 Å². The maximum absolute atomic E-state index is 5.84. The number of nitrogens with two attached hydrogens (primary N) is 1. The van der Waals surface area contributed by atoms with Crippen LogP contribution in [0.15, 0.2) is 49.1 Å². The van der Waals surface area contributed by atoms with Crippen LogP contribution in [-0.4, -0.2) is 38.0 Å². The van der Waals surface area contributed by atoms with Gasteiger partial charge < -0.3 is 15.2 Å². The Bertz CT molecular complexity index is 757. The van der Waals surface area contributed by atoms with Crippen LogP contribution in [0.25, 0.3) is 0 Å². The molecule has 0 amide bonds. The molecule has 0 spiro atoms. The van der Waals surface area contributed by atoms with E-state index in [1.807, 2.05) is 18.5 Å². The maximum Gasteiger partial charge on any atom is 0.171 e. The smallest absolute Gasteiger partial charge is 0.171 e. The van der Waals surface area contributed by atoms with E-state index in [9.17, 15) is 0 Å². The van der Waals surface area contributed by atoms with Gasteiger partial charge in [0, 0.05) is 56.9 Å². The lowest BCUT2D eigenvalue weighted by Crippen LogP contribution is -2.33. The lowest BCUT2D eigenvalue weighted by molar-refractivity contribution is -0.697. The molecule has 2 N–H and O–H groups in total. The summed E-state index contributed by atoms with van der Waals surface area (Å²) in [5.74, 6) is 0. The summed E-state index contributed by atoms with van der Waals surface area (Å²) < 4.78 is 14.0. The minimum Gasteiger partial charge on any atom is -0.381 e. The van der Waals surface area contributed by atoms with Crippen molar-refractivity contribution >= 4 is 0 Å². The van der Waals surface area contributed by atoms with Crippen LogP contribution in [0.2, 0.25) is 0 Å². The summed E-state index contributed by atoms with van der Waals surface area (Å²) in [7, 11) is 0. The number of hydrogen-bond acceptors (Lipinski definition) is 4. The Morgan fingerprint density at radius 3 is 1.84 bits per heavy atom. The minimum absolute atomic E-state index is 0.830. The number of aryl methyl sites for hydroxylation is 3. The number of ether oxygens (including phenoxy) is 2. The second kappa shape index (κ2) is 23.3. The molecule has 0 atom stereocenters. The van der Waals surface area contributed by atoms with Crippen LogP contribution < -0.4 is 10.3 Å². The molecule has 2 rings (SSSR count). The zero-order valence-corrected chi connectivity index (χ0v) is 23.5. The van der Waals surface area contributed by atoms with Gasteiger partial charge in [0.25, 0.3) is 0 Å². The first kappa shape index (κ1) is 31.4. The van der Waals surface area contributed by atoms with E-state index >= 15 is 0 Å². The number of aromatic nitrogens is 2. The van der Waals surface area contributed by atoms with Crippen molar-refractivity contribution in [3.63, 3.8) is 0 Å². The third kappa shape index (κ3) is 18.1. The normalized spacial score (nSPS) is 11.3. The van der Waals surface area contributed by atoms with Gasteiger partial charge in [-0.25, -0.2) is 4.57 Å². The van der Waals surface area contributed by atoms with Gasteiger partial charge in [-0.1, -0.05) is 51.0 Å². The first-order valence-electron chi connectivity index (χ1n) is 15.1. The predicted octanol–water partition coefficient (Wildman–Crippen LogP) is 6.61. The zero-order valence-electron chi connectivity index (χ0n) is 23.5. The molecule has 0 fully saturated rings. The van der Waals surface area contributed by atoms with E-state index in [2.05, 4.69) is 40.1 Å².